The van der Waals surface area contributed by atoms with Crippen LogP contribution in [0.25, 0.3) is 0 Å². The number of anilines is 1. The smallest absolute Gasteiger partial charge is 0.225 e. The van der Waals surface area contributed by atoms with Crippen molar-refractivity contribution in [2.75, 3.05) is 44.2 Å². The molecule has 1 aromatic heterocycles. The maximum Gasteiger partial charge on any atom is 0.225 e. The molecule has 0 spiro atoms. The fraction of sp³-hybridized carbons (Fsp3) is 0.421. The molecule has 2 aromatic rings. The van der Waals surface area contributed by atoms with Gasteiger partial charge in [-0.1, -0.05) is 23.7 Å². The normalized spacial score (nSPS) is 14.5. The van der Waals surface area contributed by atoms with Crippen LogP contribution in [0, 0.1) is 0 Å². The zero-order chi connectivity index (χ0) is 18.2. The molecule has 1 aliphatic heterocycles. The number of benzene rings is 1. The number of aromatic nitrogens is 2. The lowest BCUT2D eigenvalue weighted by atomic mass is 10.1. The third-order valence-electron chi connectivity index (χ3n) is 4.46. The second kappa shape index (κ2) is 9.50. The molecular formula is C19H24ClN5O. The molecule has 1 N–H and O–H groups in total. The summed E-state index contributed by atoms with van der Waals surface area (Å²) in [6.45, 7) is 4.53. The fourth-order valence-corrected chi connectivity index (χ4v) is 3.23. The van der Waals surface area contributed by atoms with Crippen molar-refractivity contribution in [3.63, 3.8) is 0 Å². The van der Waals surface area contributed by atoms with Crippen molar-refractivity contribution in [1.82, 2.24) is 20.2 Å². The number of piperazine rings is 1. The van der Waals surface area contributed by atoms with E-state index in [0.29, 0.717) is 13.0 Å². The molecule has 7 heteroatoms. The Bertz CT molecular complexity index is 704. The average molecular weight is 374 g/mol. The van der Waals surface area contributed by atoms with Crippen molar-refractivity contribution in [2.45, 2.75) is 12.8 Å². The fourth-order valence-electron chi connectivity index (χ4n) is 3.01. The van der Waals surface area contributed by atoms with Gasteiger partial charge in [-0.15, -0.1) is 0 Å². The van der Waals surface area contributed by atoms with Gasteiger partial charge >= 0.3 is 0 Å². The zero-order valence-electron chi connectivity index (χ0n) is 14.8. The number of carbonyl (C=O) groups is 1. The van der Waals surface area contributed by atoms with E-state index in [1.165, 1.54) is 5.56 Å². The average Bonchev–Trinajstić information content (AvgIpc) is 2.68. The van der Waals surface area contributed by atoms with Crippen LogP contribution in [-0.4, -0.2) is 60.0 Å². The number of rotatable bonds is 7. The Balaban J connectivity index is 1.32. The first-order valence-corrected chi connectivity index (χ1v) is 9.35. The highest BCUT2D eigenvalue weighted by molar-refractivity contribution is 6.30. The lowest BCUT2D eigenvalue weighted by Crippen LogP contribution is -2.49. The van der Waals surface area contributed by atoms with Crippen LogP contribution in [0.3, 0.4) is 0 Å². The Morgan fingerprint density at radius 1 is 1.08 bits per heavy atom. The number of hydrogen-bond donors (Lipinski definition) is 1. The minimum Gasteiger partial charge on any atom is -0.339 e. The minimum absolute atomic E-state index is 0.203. The van der Waals surface area contributed by atoms with Gasteiger partial charge in [0.1, 0.15) is 0 Å². The number of nitrogens with one attached hydrogen (secondary N) is 1. The summed E-state index contributed by atoms with van der Waals surface area (Å²) in [6.07, 6.45) is 4.92. The first-order valence-electron chi connectivity index (χ1n) is 8.97. The van der Waals surface area contributed by atoms with Crippen LogP contribution in [0.1, 0.15) is 12.0 Å². The molecule has 138 valence electrons. The van der Waals surface area contributed by atoms with E-state index in [0.717, 1.165) is 50.1 Å². The molecule has 0 bridgehead atoms. The van der Waals surface area contributed by atoms with Crippen LogP contribution in [-0.2, 0) is 11.2 Å². The van der Waals surface area contributed by atoms with Gasteiger partial charge in [-0.3, -0.25) is 4.79 Å². The molecule has 1 saturated heterocycles. The highest BCUT2D eigenvalue weighted by atomic mass is 35.5. The molecule has 0 radical (unpaired) electrons. The van der Waals surface area contributed by atoms with Crippen LogP contribution in [0.5, 0.6) is 0 Å². The minimum atomic E-state index is 0.203. The second-order valence-electron chi connectivity index (χ2n) is 6.30. The Hall–Kier alpha value is -2.18. The van der Waals surface area contributed by atoms with Crippen molar-refractivity contribution < 1.29 is 4.79 Å². The summed E-state index contributed by atoms with van der Waals surface area (Å²) in [5, 5.41) is 4.10. The summed E-state index contributed by atoms with van der Waals surface area (Å²) in [5.41, 5.74) is 1.20. The van der Waals surface area contributed by atoms with Gasteiger partial charge in [0.2, 0.25) is 11.9 Å². The third kappa shape index (κ3) is 5.41. The molecule has 1 amide bonds. The van der Waals surface area contributed by atoms with E-state index in [-0.39, 0.29) is 5.91 Å². The summed E-state index contributed by atoms with van der Waals surface area (Å²) >= 11 is 5.98. The van der Waals surface area contributed by atoms with Crippen LogP contribution < -0.4 is 10.2 Å². The number of amides is 1. The summed E-state index contributed by atoms with van der Waals surface area (Å²) in [5.74, 6) is 0.941. The lowest BCUT2D eigenvalue weighted by molar-refractivity contribution is -0.131. The predicted octanol–water partition coefficient (Wildman–Crippen LogP) is 2.00. The summed E-state index contributed by atoms with van der Waals surface area (Å²) in [6, 6.07) is 9.68. The van der Waals surface area contributed by atoms with Gasteiger partial charge in [0, 0.05) is 56.6 Å². The molecular weight excluding hydrogens is 350 g/mol. The van der Waals surface area contributed by atoms with E-state index in [4.69, 9.17) is 11.6 Å². The Labute approximate surface area is 159 Å². The number of carbonyl (C=O) groups excluding carboxylic acids is 1. The van der Waals surface area contributed by atoms with E-state index in [9.17, 15) is 4.79 Å². The maximum absolute atomic E-state index is 12.3. The molecule has 1 aromatic carbocycles. The molecule has 2 heterocycles. The SMILES string of the molecule is O=C(CCNCCc1cccc(Cl)c1)N1CCN(c2ncccn2)CC1. The lowest BCUT2D eigenvalue weighted by Gasteiger charge is -2.34. The van der Waals surface area contributed by atoms with Crippen molar-refractivity contribution in [3.8, 4) is 0 Å². The predicted molar refractivity (Wildman–Crippen MR) is 103 cm³/mol. The van der Waals surface area contributed by atoms with Crippen LogP contribution in [0.4, 0.5) is 5.95 Å². The molecule has 1 aliphatic rings. The molecule has 1 fully saturated rings. The third-order valence-corrected chi connectivity index (χ3v) is 4.70. The van der Waals surface area contributed by atoms with Crippen molar-refractivity contribution in [1.29, 1.82) is 0 Å². The van der Waals surface area contributed by atoms with Crippen molar-refractivity contribution >= 4 is 23.5 Å². The van der Waals surface area contributed by atoms with Crippen molar-refractivity contribution in [3.05, 3.63) is 53.3 Å². The molecule has 3 rings (SSSR count). The highest BCUT2D eigenvalue weighted by Crippen LogP contribution is 2.11. The monoisotopic (exact) mass is 373 g/mol. The van der Waals surface area contributed by atoms with Gasteiger partial charge in [0.15, 0.2) is 0 Å². The van der Waals surface area contributed by atoms with Crippen molar-refractivity contribution in [2.24, 2.45) is 0 Å². The van der Waals surface area contributed by atoms with Gasteiger partial charge < -0.3 is 15.1 Å². The van der Waals surface area contributed by atoms with E-state index in [1.807, 2.05) is 29.2 Å². The maximum atomic E-state index is 12.3. The standard InChI is InChI=1S/C19H24ClN5O/c20-17-4-1-3-16(15-17)5-9-21-10-6-18(26)24-11-13-25(14-12-24)19-22-7-2-8-23-19/h1-4,7-8,15,21H,5-6,9-14H2. The van der Waals surface area contributed by atoms with Gasteiger partial charge in [-0.2, -0.15) is 0 Å². The summed E-state index contributed by atoms with van der Waals surface area (Å²) in [4.78, 5) is 24.9. The highest BCUT2D eigenvalue weighted by Gasteiger charge is 2.21. The second-order valence-corrected chi connectivity index (χ2v) is 6.73. The van der Waals surface area contributed by atoms with E-state index in [2.05, 4.69) is 26.3 Å². The number of nitrogens with zero attached hydrogens (tertiary/aromatic N) is 4. The zero-order valence-corrected chi connectivity index (χ0v) is 15.5. The van der Waals surface area contributed by atoms with Crippen LogP contribution in [0.2, 0.25) is 5.02 Å². The first kappa shape index (κ1) is 18.6. The molecule has 0 atom stereocenters. The van der Waals surface area contributed by atoms with E-state index in [1.54, 1.807) is 12.4 Å². The van der Waals surface area contributed by atoms with Crippen LogP contribution in [0.15, 0.2) is 42.7 Å². The van der Waals surface area contributed by atoms with Gasteiger partial charge in [-0.05, 0) is 36.7 Å². The van der Waals surface area contributed by atoms with E-state index < -0.39 is 0 Å². The summed E-state index contributed by atoms with van der Waals surface area (Å²) < 4.78 is 0. The molecule has 0 unspecified atom stereocenters. The Morgan fingerprint density at radius 3 is 2.58 bits per heavy atom. The molecule has 26 heavy (non-hydrogen) atoms. The topological polar surface area (TPSA) is 61.4 Å². The quantitative estimate of drug-likeness (QED) is 0.752. The molecule has 6 nitrogen and oxygen atoms in total. The van der Waals surface area contributed by atoms with Gasteiger partial charge in [0.25, 0.3) is 0 Å². The van der Waals surface area contributed by atoms with Gasteiger partial charge in [-0.25, -0.2) is 9.97 Å². The molecule has 0 aliphatic carbocycles. The number of halogens is 1. The number of hydrogen-bond acceptors (Lipinski definition) is 5. The Kier molecular flexibility index (Phi) is 6.80. The van der Waals surface area contributed by atoms with Crippen LogP contribution >= 0.6 is 11.6 Å². The summed E-state index contributed by atoms with van der Waals surface area (Å²) in [7, 11) is 0. The Morgan fingerprint density at radius 2 is 1.85 bits per heavy atom. The largest absolute Gasteiger partial charge is 0.339 e. The molecule has 0 saturated carbocycles. The van der Waals surface area contributed by atoms with E-state index >= 15 is 0 Å². The van der Waals surface area contributed by atoms with Gasteiger partial charge in [0.05, 0.1) is 0 Å². The first-order chi connectivity index (χ1) is 12.7.